The Morgan fingerprint density at radius 2 is 2.33 bits per heavy atom. The predicted octanol–water partition coefficient (Wildman–Crippen LogP) is 0.690. The summed E-state index contributed by atoms with van der Waals surface area (Å²) in [7, 11) is 0. The Hall–Kier alpha value is -1.24. The Balaban J connectivity index is 2.46. The van der Waals surface area contributed by atoms with Gasteiger partial charge in [0.1, 0.15) is 0 Å². The molecule has 0 aliphatic rings. The highest BCUT2D eigenvalue weighted by Gasteiger charge is 2.08. The first kappa shape index (κ1) is 11.8. The topological polar surface area (TPSA) is 103 Å². The summed E-state index contributed by atoms with van der Waals surface area (Å²) >= 11 is 1.27. The van der Waals surface area contributed by atoms with Gasteiger partial charge in [-0.25, -0.2) is 0 Å². The van der Waals surface area contributed by atoms with Crippen molar-refractivity contribution < 1.29 is 4.52 Å². The average Bonchev–Trinajstić information content (AvgIpc) is 2.61. The molecule has 15 heavy (non-hydrogen) atoms. The molecule has 7 heteroatoms. The van der Waals surface area contributed by atoms with Crippen LogP contribution in [0.4, 0.5) is 0 Å². The first-order chi connectivity index (χ1) is 7.11. The molecule has 0 radical (unpaired) electrons. The van der Waals surface area contributed by atoms with E-state index in [4.69, 9.17) is 16.1 Å². The van der Waals surface area contributed by atoms with E-state index < -0.39 is 0 Å². The number of thioether (sulfide) groups is 1. The quantitative estimate of drug-likeness (QED) is 0.341. The van der Waals surface area contributed by atoms with Crippen LogP contribution in [0.2, 0.25) is 0 Å². The van der Waals surface area contributed by atoms with Gasteiger partial charge < -0.3 is 16.1 Å². The highest BCUT2D eigenvalue weighted by Crippen LogP contribution is 2.11. The molecule has 84 valence electrons. The van der Waals surface area contributed by atoms with Crippen molar-refractivity contribution in [3.05, 3.63) is 11.7 Å². The van der Waals surface area contributed by atoms with Crippen molar-refractivity contribution in [3.8, 4) is 0 Å². The van der Waals surface area contributed by atoms with Crippen LogP contribution < -0.4 is 11.6 Å². The van der Waals surface area contributed by atoms with E-state index in [2.05, 4.69) is 29.1 Å². The van der Waals surface area contributed by atoms with Crippen LogP contribution in [0.3, 0.4) is 0 Å². The van der Waals surface area contributed by atoms with E-state index >= 15 is 0 Å². The molecule has 0 spiro atoms. The minimum Gasteiger partial charge on any atom is -0.377 e. The largest absolute Gasteiger partial charge is 0.377 e. The maximum Gasteiger partial charge on any atom is 0.237 e. The number of hydrogen-bond acceptors (Lipinski definition) is 6. The van der Waals surface area contributed by atoms with E-state index in [9.17, 15) is 0 Å². The molecule has 6 nitrogen and oxygen atoms in total. The third-order valence-corrected chi connectivity index (χ3v) is 2.36. The maximum atomic E-state index is 5.41. The van der Waals surface area contributed by atoms with Crippen LogP contribution in [0, 0.1) is 5.92 Å². The molecule has 1 heterocycles. The highest BCUT2D eigenvalue weighted by molar-refractivity contribution is 8.13. The zero-order chi connectivity index (χ0) is 11.3. The molecule has 0 saturated carbocycles. The third-order valence-electron chi connectivity index (χ3n) is 1.57. The smallest absolute Gasteiger partial charge is 0.237 e. The minimum absolute atomic E-state index is 0.304. The number of nitrogens with zero attached hydrogens (tertiary/aromatic N) is 3. The lowest BCUT2D eigenvalue weighted by molar-refractivity contribution is 0.382. The molecule has 0 unspecified atom stereocenters. The molecule has 1 aromatic rings. The maximum absolute atomic E-state index is 5.41. The molecule has 1 aromatic heterocycles. The Labute approximate surface area is 92.5 Å². The van der Waals surface area contributed by atoms with Crippen molar-refractivity contribution in [2.45, 2.75) is 26.0 Å². The van der Waals surface area contributed by atoms with Gasteiger partial charge in [0, 0.05) is 6.42 Å². The molecule has 4 N–H and O–H groups in total. The fourth-order valence-corrected chi connectivity index (χ4v) is 1.43. The first-order valence-electron chi connectivity index (χ1n) is 4.59. The third kappa shape index (κ3) is 4.20. The number of rotatable bonds is 4. The van der Waals surface area contributed by atoms with Crippen LogP contribution in [0.15, 0.2) is 9.62 Å². The van der Waals surface area contributed by atoms with E-state index in [1.165, 1.54) is 11.8 Å². The van der Waals surface area contributed by atoms with Gasteiger partial charge in [0.05, 0.1) is 5.75 Å². The number of aromatic nitrogens is 2. The molecule has 0 bridgehead atoms. The minimum atomic E-state index is 0.304. The van der Waals surface area contributed by atoms with Gasteiger partial charge in [-0.05, 0) is 5.92 Å². The highest BCUT2D eigenvalue weighted by atomic mass is 32.2. The number of nitrogens with two attached hydrogens (primary N) is 2. The molecular formula is C8H15N5OS. The van der Waals surface area contributed by atoms with E-state index in [-0.39, 0.29) is 0 Å². The van der Waals surface area contributed by atoms with Gasteiger partial charge in [0.25, 0.3) is 0 Å². The van der Waals surface area contributed by atoms with Crippen LogP contribution in [0.25, 0.3) is 0 Å². The van der Waals surface area contributed by atoms with Crippen LogP contribution in [-0.2, 0) is 12.2 Å². The van der Waals surface area contributed by atoms with Crippen molar-refractivity contribution in [2.75, 3.05) is 0 Å². The second kappa shape index (κ2) is 5.59. The standard InChI is InChI=1S/C8H15N5OS/c1-5(2)3-6-11-7(14-13-6)4-15-8(9)12-10/h5H,3-4,10H2,1-2H3,(H2,9,12). The Morgan fingerprint density at radius 1 is 1.60 bits per heavy atom. The molecule has 0 aliphatic heterocycles. The van der Waals surface area contributed by atoms with Gasteiger partial charge in [0.15, 0.2) is 11.0 Å². The van der Waals surface area contributed by atoms with Crippen molar-refractivity contribution in [1.82, 2.24) is 10.1 Å². The molecule has 1 rings (SSSR count). The predicted molar refractivity (Wildman–Crippen MR) is 59.9 cm³/mol. The summed E-state index contributed by atoms with van der Waals surface area (Å²) in [6, 6.07) is 0. The second-order valence-electron chi connectivity index (χ2n) is 3.46. The zero-order valence-electron chi connectivity index (χ0n) is 8.80. The Kier molecular flexibility index (Phi) is 4.41. The van der Waals surface area contributed by atoms with Crippen molar-refractivity contribution in [2.24, 2.45) is 22.6 Å². The first-order valence-corrected chi connectivity index (χ1v) is 5.58. The molecular weight excluding hydrogens is 214 g/mol. The second-order valence-corrected chi connectivity index (χ2v) is 4.45. The molecule has 0 saturated heterocycles. The van der Waals surface area contributed by atoms with Gasteiger partial charge in [-0.15, -0.1) is 0 Å². The summed E-state index contributed by atoms with van der Waals surface area (Å²) in [5, 5.41) is 7.48. The molecule has 0 amide bonds. The van der Waals surface area contributed by atoms with E-state index in [1.54, 1.807) is 0 Å². The van der Waals surface area contributed by atoms with Crippen molar-refractivity contribution in [3.63, 3.8) is 0 Å². The molecule has 0 aromatic carbocycles. The summed E-state index contributed by atoms with van der Waals surface area (Å²) in [6.07, 6.45) is 0.814. The van der Waals surface area contributed by atoms with Crippen LogP contribution >= 0.6 is 11.8 Å². The van der Waals surface area contributed by atoms with Crippen LogP contribution in [-0.4, -0.2) is 15.3 Å². The van der Waals surface area contributed by atoms with E-state index in [0.29, 0.717) is 22.7 Å². The summed E-state index contributed by atoms with van der Waals surface area (Å²) < 4.78 is 5.03. The lowest BCUT2D eigenvalue weighted by Crippen LogP contribution is -2.09. The lowest BCUT2D eigenvalue weighted by Gasteiger charge is -1.96. The van der Waals surface area contributed by atoms with Gasteiger partial charge in [-0.3, -0.25) is 0 Å². The van der Waals surface area contributed by atoms with Crippen molar-refractivity contribution in [1.29, 1.82) is 0 Å². The Bertz CT molecular complexity index is 336. The van der Waals surface area contributed by atoms with E-state index in [1.807, 2.05) is 0 Å². The molecule has 0 fully saturated rings. The zero-order valence-corrected chi connectivity index (χ0v) is 9.62. The van der Waals surface area contributed by atoms with Gasteiger partial charge in [-0.2, -0.15) is 10.1 Å². The molecule has 0 atom stereocenters. The van der Waals surface area contributed by atoms with Gasteiger partial charge in [-0.1, -0.05) is 30.8 Å². The van der Waals surface area contributed by atoms with E-state index in [0.717, 1.165) is 12.2 Å². The van der Waals surface area contributed by atoms with Crippen LogP contribution in [0.1, 0.15) is 25.6 Å². The fourth-order valence-electron chi connectivity index (χ4n) is 0.970. The Morgan fingerprint density at radius 3 is 2.93 bits per heavy atom. The number of hydrogen-bond donors (Lipinski definition) is 2. The SMILES string of the molecule is CC(C)Cc1noc(CSC(N)=NN)n1. The van der Waals surface area contributed by atoms with Crippen LogP contribution in [0.5, 0.6) is 0 Å². The average molecular weight is 229 g/mol. The summed E-state index contributed by atoms with van der Waals surface area (Å²) in [5.41, 5.74) is 5.41. The normalized spacial score (nSPS) is 12.3. The van der Waals surface area contributed by atoms with Crippen molar-refractivity contribution >= 4 is 16.9 Å². The summed E-state index contributed by atoms with van der Waals surface area (Å²) in [6.45, 7) is 4.20. The summed E-state index contributed by atoms with van der Waals surface area (Å²) in [5.74, 6) is 7.26. The van der Waals surface area contributed by atoms with Gasteiger partial charge in [0.2, 0.25) is 5.89 Å². The van der Waals surface area contributed by atoms with Gasteiger partial charge >= 0.3 is 0 Å². The summed E-state index contributed by atoms with van der Waals surface area (Å²) in [4.78, 5) is 4.21. The fraction of sp³-hybridized carbons (Fsp3) is 0.625. The lowest BCUT2D eigenvalue weighted by atomic mass is 10.1. The number of amidine groups is 1. The monoisotopic (exact) mass is 229 g/mol. The molecule has 0 aliphatic carbocycles. The number of hydrazone groups is 1.